The van der Waals surface area contributed by atoms with Crippen molar-refractivity contribution in [3.8, 4) is 6.07 Å². The fraction of sp³-hybridized carbons (Fsp3) is 0.429. The highest BCUT2D eigenvalue weighted by Gasteiger charge is 2.31. The van der Waals surface area contributed by atoms with Crippen LogP contribution in [-0.4, -0.2) is 29.9 Å². The van der Waals surface area contributed by atoms with Crippen molar-refractivity contribution in [2.24, 2.45) is 0 Å². The number of nitrogens with zero attached hydrogens (tertiary/aromatic N) is 2. The Morgan fingerprint density at radius 1 is 1.56 bits per heavy atom. The maximum Gasteiger partial charge on any atom is 0.241 e. The zero-order chi connectivity index (χ0) is 13.1. The molecule has 0 radical (unpaired) electrons. The number of carbonyl (C=O) groups is 1. The van der Waals surface area contributed by atoms with E-state index in [0.717, 1.165) is 0 Å². The molecule has 1 saturated carbocycles. The van der Waals surface area contributed by atoms with Gasteiger partial charge in [-0.15, -0.1) is 0 Å². The molecule has 1 aliphatic rings. The van der Waals surface area contributed by atoms with Crippen LogP contribution in [0.4, 0.5) is 5.69 Å². The summed E-state index contributed by atoms with van der Waals surface area (Å²) in [6.07, 6.45) is 2.36. The topological polar surface area (TPSA) is 56.1 Å². The molecule has 0 aromatic heterocycles. The van der Waals surface area contributed by atoms with Gasteiger partial charge >= 0.3 is 0 Å². The average Bonchev–Trinajstić information content (AvgIpc) is 3.21. The molecule has 0 bridgehead atoms. The van der Waals surface area contributed by atoms with Gasteiger partial charge in [-0.3, -0.25) is 9.69 Å². The Kier molecular flexibility index (Phi) is 3.63. The van der Waals surface area contributed by atoms with Crippen molar-refractivity contribution >= 4 is 11.6 Å². The molecule has 1 atom stereocenters. The number of anilines is 1. The number of carbonyl (C=O) groups excluding carboxylic acids is 1. The van der Waals surface area contributed by atoms with E-state index in [9.17, 15) is 4.79 Å². The van der Waals surface area contributed by atoms with E-state index in [0.29, 0.717) is 17.3 Å². The quantitative estimate of drug-likeness (QED) is 0.879. The van der Waals surface area contributed by atoms with Gasteiger partial charge in [0, 0.05) is 11.7 Å². The lowest BCUT2D eigenvalue weighted by molar-refractivity contribution is -0.120. The molecule has 0 saturated heterocycles. The van der Waals surface area contributed by atoms with Crippen LogP contribution in [0.5, 0.6) is 0 Å². The highest BCUT2D eigenvalue weighted by molar-refractivity contribution is 5.94. The smallest absolute Gasteiger partial charge is 0.241 e. The maximum atomic E-state index is 12.1. The molecule has 4 heteroatoms. The summed E-state index contributed by atoms with van der Waals surface area (Å²) in [5, 5.41) is 11.7. The predicted octanol–water partition coefficient (Wildman–Crippen LogP) is 1.98. The summed E-state index contributed by atoms with van der Waals surface area (Å²) in [4.78, 5) is 14.2. The zero-order valence-electron chi connectivity index (χ0n) is 10.7. The van der Waals surface area contributed by atoms with Crippen LogP contribution in [0.15, 0.2) is 24.3 Å². The van der Waals surface area contributed by atoms with Crippen LogP contribution in [0.3, 0.4) is 0 Å². The highest BCUT2D eigenvalue weighted by atomic mass is 16.2. The van der Waals surface area contributed by atoms with Crippen molar-refractivity contribution in [3.63, 3.8) is 0 Å². The summed E-state index contributed by atoms with van der Waals surface area (Å²) in [6, 6.07) is 9.42. The van der Waals surface area contributed by atoms with Crippen molar-refractivity contribution in [2.75, 3.05) is 12.4 Å². The Balaban J connectivity index is 1.99. The van der Waals surface area contributed by atoms with Crippen LogP contribution in [0.25, 0.3) is 0 Å². The number of amides is 1. The molecule has 0 aliphatic heterocycles. The predicted molar refractivity (Wildman–Crippen MR) is 70.0 cm³/mol. The van der Waals surface area contributed by atoms with Gasteiger partial charge in [0.25, 0.3) is 0 Å². The summed E-state index contributed by atoms with van der Waals surface area (Å²) in [7, 11) is 1.98. The van der Waals surface area contributed by atoms with E-state index in [2.05, 4.69) is 16.3 Å². The van der Waals surface area contributed by atoms with Crippen LogP contribution >= 0.6 is 0 Å². The summed E-state index contributed by atoms with van der Waals surface area (Å²) in [5.74, 6) is -0.0283. The summed E-state index contributed by atoms with van der Waals surface area (Å²) in [5.41, 5.74) is 1.23. The molecule has 1 fully saturated rings. The average molecular weight is 243 g/mol. The number of likely N-dealkylation sites (N-methyl/N-ethyl adjacent to an activating group) is 1. The van der Waals surface area contributed by atoms with Gasteiger partial charge in [0.05, 0.1) is 17.7 Å². The van der Waals surface area contributed by atoms with E-state index in [4.69, 9.17) is 5.26 Å². The molecule has 0 heterocycles. The maximum absolute atomic E-state index is 12.1. The van der Waals surface area contributed by atoms with E-state index in [1.54, 1.807) is 24.3 Å². The Morgan fingerprint density at radius 2 is 2.28 bits per heavy atom. The number of hydrogen-bond acceptors (Lipinski definition) is 3. The van der Waals surface area contributed by atoms with Crippen molar-refractivity contribution in [1.82, 2.24) is 4.90 Å². The summed E-state index contributed by atoms with van der Waals surface area (Å²) in [6.45, 7) is 1.90. The van der Waals surface area contributed by atoms with E-state index in [-0.39, 0.29) is 11.9 Å². The molecule has 1 amide bonds. The minimum absolute atomic E-state index is 0.0283. The Morgan fingerprint density at radius 3 is 2.89 bits per heavy atom. The first-order chi connectivity index (χ1) is 8.61. The lowest BCUT2D eigenvalue weighted by atomic mass is 10.2. The minimum atomic E-state index is -0.150. The minimum Gasteiger partial charge on any atom is -0.325 e. The van der Waals surface area contributed by atoms with Crippen LogP contribution in [0, 0.1) is 11.3 Å². The lowest BCUT2D eigenvalue weighted by Gasteiger charge is -2.23. The molecule has 1 aliphatic carbocycles. The van der Waals surface area contributed by atoms with Crippen LogP contribution in [-0.2, 0) is 4.79 Å². The number of rotatable bonds is 4. The van der Waals surface area contributed by atoms with Gasteiger partial charge in [0.1, 0.15) is 0 Å². The third kappa shape index (κ3) is 2.88. The second-order valence-electron chi connectivity index (χ2n) is 4.75. The largest absolute Gasteiger partial charge is 0.325 e. The van der Waals surface area contributed by atoms with Crippen molar-refractivity contribution in [1.29, 1.82) is 5.26 Å². The van der Waals surface area contributed by atoms with Crippen molar-refractivity contribution in [2.45, 2.75) is 31.8 Å². The second kappa shape index (κ2) is 5.19. The fourth-order valence-corrected chi connectivity index (χ4v) is 1.90. The van der Waals surface area contributed by atoms with Gasteiger partial charge < -0.3 is 5.32 Å². The van der Waals surface area contributed by atoms with E-state index < -0.39 is 0 Å². The SMILES string of the molecule is CC(C(=O)Nc1cccc(C#N)c1)N(C)C1CC1. The monoisotopic (exact) mass is 243 g/mol. The molecule has 0 spiro atoms. The molecule has 18 heavy (non-hydrogen) atoms. The van der Waals surface area contributed by atoms with Crippen LogP contribution in [0.2, 0.25) is 0 Å². The molecule has 1 N–H and O–H groups in total. The molecular weight excluding hydrogens is 226 g/mol. The first kappa shape index (κ1) is 12.6. The Bertz CT molecular complexity index is 488. The first-order valence-electron chi connectivity index (χ1n) is 6.15. The van der Waals surface area contributed by atoms with Gasteiger partial charge in [-0.2, -0.15) is 5.26 Å². The fourth-order valence-electron chi connectivity index (χ4n) is 1.90. The third-order valence-corrected chi connectivity index (χ3v) is 3.37. The zero-order valence-corrected chi connectivity index (χ0v) is 10.7. The normalized spacial score (nSPS) is 16.1. The van der Waals surface area contributed by atoms with E-state index in [1.807, 2.05) is 14.0 Å². The van der Waals surface area contributed by atoms with Gasteiger partial charge in [-0.25, -0.2) is 0 Å². The first-order valence-corrected chi connectivity index (χ1v) is 6.15. The van der Waals surface area contributed by atoms with Gasteiger partial charge in [0.15, 0.2) is 0 Å². The van der Waals surface area contributed by atoms with Crippen LogP contribution in [0.1, 0.15) is 25.3 Å². The van der Waals surface area contributed by atoms with Gasteiger partial charge in [-0.05, 0) is 45.0 Å². The van der Waals surface area contributed by atoms with E-state index in [1.165, 1.54) is 12.8 Å². The lowest BCUT2D eigenvalue weighted by Crippen LogP contribution is -2.40. The van der Waals surface area contributed by atoms with Crippen LogP contribution < -0.4 is 5.32 Å². The third-order valence-electron chi connectivity index (χ3n) is 3.37. The molecule has 2 rings (SSSR count). The molecular formula is C14H17N3O. The highest BCUT2D eigenvalue weighted by Crippen LogP contribution is 2.27. The molecule has 94 valence electrons. The summed E-state index contributed by atoms with van der Waals surface area (Å²) < 4.78 is 0. The van der Waals surface area contributed by atoms with Gasteiger partial charge in [0.2, 0.25) is 5.91 Å². The molecule has 4 nitrogen and oxygen atoms in total. The number of nitrogens with one attached hydrogen (secondary N) is 1. The standard InChI is InChI=1S/C14H17N3O/c1-10(17(2)13-6-7-13)14(18)16-12-5-3-4-11(8-12)9-15/h3-5,8,10,13H,6-7H2,1-2H3,(H,16,18). The van der Waals surface area contributed by atoms with E-state index >= 15 is 0 Å². The molecule has 1 aromatic rings. The number of nitriles is 1. The number of hydrogen-bond donors (Lipinski definition) is 1. The Hall–Kier alpha value is -1.86. The summed E-state index contributed by atoms with van der Waals surface area (Å²) >= 11 is 0. The molecule has 1 aromatic carbocycles. The van der Waals surface area contributed by atoms with Crippen molar-refractivity contribution in [3.05, 3.63) is 29.8 Å². The second-order valence-corrected chi connectivity index (χ2v) is 4.75. The molecule has 1 unspecified atom stereocenters. The van der Waals surface area contributed by atoms with Crippen molar-refractivity contribution < 1.29 is 4.79 Å². The number of benzene rings is 1. The van der Waals surface area contributed by atoms with Gasteiger partial charge in [-0.1, -0.05) is 6.07 Å². The Labute approximate surface area is 107 Å².